The van der Waals surface area contributed by atoms with Crippen molar-refractivity contribution in [2.75, 3.05) is 16.8 Å². The van der Waals surface area contributed by atoms with Crippen molar-refractivity contribution < 1.29 is 31.6 Å². The van der Waals surface area contributed by atoms with Gasteiger partial charge in [-0.2, -0.15) is 13.2 Å². The van der Waals surface area contributed by atoms with E-state index in [0.29, 0.717) is 40.6 Å². The van der Waals surface area contributed by atoms with Crippen LogP contribution in [-0.4, -0.2) is 18.4 Å². The summed E-state index contributed by atoms with van der Waals surface area (Å²) in [5.74, 6) is -2.38. The van der Waals surface area contributed by atoms with Gasteiger partial charge in [-0.25, -0.2) is 4.39 Å². The molecule has 5 rings (SSSR count). The summed E-state index contributed by atoms with van der Waals surface area (Å²) >= 11 is 0. The number of aryl methyl sites for hydroxylation is 1. The zero-order valence-electron chi connectivity index (χ0n) is 19.5. The van der Waals surface area contributed by atoms with E-state index in [4.69, 9.17) is 4.42 Å². The molecule has 0 aliphatic carbocycles. The Bertz CT molecular complexity index is 1510. The third-order valence-corrected chi connectivity index (χ3v) is 6.18. The second-order valence-corrected chi connectivity index (χ2v) is 8.67. The summed E-state index contributed by atoms with van der Waals surface area (Å²) < 4.78 is 60.1. The second-order valence-electron chi connectivity index (χ2n) is 8.67. The van der Waals surface area contributed by atoms with Crippen LogP contribution in [-0.2, 0) is 12.6 Å². The Morgan fingerprint density at radius 1 is 0.973 bits per heavy atom. The fraction of sp³-hybridized carbons (Fsp3) is 0.143. The summed E-state index contributed by atoms with van der Waals surface area (Å²) in [5.41, 5.74) is 0.991. The van der Waals surface area contributed by atoms with Gasteiger partial charge in [-0.15, -0.1) is 0 Å². The third-order valence-electron chi connectivity index (χ3n) is 6.18. The lowest BCUT2D eigenvalue weighted by Crippen LogP contribution is -2.32. The Kier molecular flexibility index (Phi) is 6.07. The van der Waals surface area contributed by atoms with Crippen LogP contribution < -0.4 is 10.2 Å². The summed E-state index contributed by atoms with van der Waals surface area (Å²) in [6.07, 6.45) is -4.54. The lowest BCUT2D eigenvalue weighted by Gasteiger charge is -2.23. The Hall–Kier alpha value is -4.40. The highest BCUT2D eigenvalue weighted by Crippen LogP contribution is 2.40. The summed E-state index contributed by atoms with van der Waals surface area (Å²) in [6, 6.07) is 18.1. The number of anilines is 2. The highest BCUT2D eigenvalue weighted by atomic mass is 19.4. The number of furan rings is 1. The van der Waals surface area contributed by atoms with Gasteiger partial charge in [-0.3, -0.25) is 9.59 Å². The summed E-state index contributed by atoms with van der Waals surface area (Å²) in [6.45, 7) is 2.21. The van der Waals surface area contributed by atoms with Crippen molar-refractivity contribution in [3.8, 4) is 11.3 Å². The van der Waals surface area contributed by atoms with Gasteiger partial charge in [0.15, 0.2) is 5.76 Å². The smallest absolute Gasteiger partial charge is 0.418 e. The van der Waals surface area contributed by atoms with Crippen molar-refractivity contribution in [3.63, 3.8) is 0 Å². The SMILES string of the molecule is Cc1ccc(C(=O)N2CCc3cc(C(=O)Nc4c(F)cccc4C(F)(F)F)oc3-c3ccccc32)cc1. The number of carbonyl (C=O) groups is 2. The topological polar surface area (TPSA) is 62.6 Å². The molecule has 37 heavy (non-hydrogen) atoms. The number of benzene rings is 3. The molecule has 0 saturated heterocycles. The van der Waals surface area contributed by atoms with E-state index < -0.39 is 29.2 Å². The standard InChI is InChI=1S/C28H20F4N2O3/c1-16-9-11-17(12-10-16)27(36)34-14-13-18-15-23(37-25(18)19-5-2-3-8-22(19)34)26(35)33-24-20(28(30,31)32)6-4-7-21(24)29/h2-12,15H,13-14H2,1H3,(H,33,35). The number of nitrogens with zero attached hydrogens (tertiary/aromatic N) is 1. The van der Waals surface area contributed by atoms with Gasteiger partial charge in [0.2, 0.25) is 0 Å². The van der Waals surface area contributed by atoms with Crippen molar-refractivity contribution in [2.24, 2.45) is 0 Å². The highest BCUT2D eigenvalue weighted by Gasteiger charge is 2.36. The molecule has 0 unspecified atom stereocenters. The minimum Gasteiger partial charge on any atom is -0.451 e. The minimum atomic E-state index is -4.86. The first kappa shape index (κ1) is 24.3. The first-order valence-electron chi connectivity index (χ1n) is 11.4. The molecule has 0 fully saturated rings. The number of para-hydroxylation sites is 2. The van der Waals surface area contributed by atoms with Gasteiger partial charge in [-0.05, 0) is 55.8 Å². The predicted octanol–water partition coefficient (Wildman–Crippen LogP) is 6.87. The zero-order valence-corrected chi connectivity index (χ0v) is 19.5. The number of fused-ring (bicyclic) bond motifs is 3. The fourth-order valence-electron chi connectivity index (χ4n) is 4.33. The lowest BCUT2D eigenvalue weighted by molar-refractivity contribution is -0.137. The normalized spacial score (nSPS) is 12.9. The van der Waals surface area contributed by atoms with Crippen molar-refractivity contribution in [3.05, 3.63) is 107 Å². The van der Waals surface area contributed by atoms with Gasteiger partial charge in [0.05, 0.1) is 16.9 Å². The minimum absolute atomic E-state index is 0.199. The van der Waals surface area contributed by atoms with E-state index in [1.807, 2.05) is 24.4 Å². The number of halogens is 4. The van der Waals surface area contributed by atoms with E-state index in [1.54, 1.807) is 41.3 Å². The molecule has 1 aromatic heterocycles. The second kappa shape index (κ2) is 9.24. The third kappa shape index (κ3) is 4.60. The maximum absolute atomic E-state index is 14.2. The molecule has 1 N–H and O–H groups in total. The van der Waals surface area contributed by atoms with Crippen molar-refractivity contribution in [1.29, 1.82) is 0 Å². The molecule has 0 saturated carbocycles. The van der Waals surface area contributed by atoms with E-state index in [9.17, 15) is 27.2 Å². The Morgan fingerprint density at radius 3 is 2.43 bits per heavy atom. The lowest BCUT2D eigenvalue weighted by atomic mass is 10.1. The molecule has 188 valence electrons. The van der Waals surface area contributed by atoms with Gasteiger partial charge in [0, 0.05) is 23.2 Å². The number of rotatable bonds is 3. The highest BCUT2D eigenvalue weighted by molar-refractivity contribution is 6.09. The Labute approximate surface area is 209 Å². The van der Waals surface area contributed by atoms with Crippen LogP contribution >= 0.6 is 0 Å². The van der Waals surface area contributed by atoms with Crippen LogP contribution in [0.2, 0.25) is 0 Å². The molecule has 2 amide bonds. The summed E-state index contributed by atoms with van der Waals surface area (Å²) in [4.78, 5) is 27.8. The van der Waals surface area contributed by atoms with Crippen LogP contribution in [0.3, 0.4) is 0 Å². The van der Waals surface area contributed by atoms with Crippen molar-refractivity contribution in [1.82, 2.24) is 0 Å². The molecular weight excluding hydrogens is 488 g/mol. The molecule has 1 aliphatic rings. The molecule has 0 radical (unpaired) electrons. The van der Waals surface area contributed by atoms with E-state index >= 15 is 0 Å². The van der Waals surface area contributed by atoms with E-state index in [0.717, 1.165) is 17.7 Å². The molecule has 0 bridgehead atoms. The van der Waals surface area contributed by atoms with Crippen molar-refractivity contribution >= 4 is 23.2 Å². The fourth-order valence-corrected chi connectivity index (χ4v) is 4.33. The van der Waals surface area contributed by atoms with Crippen LogP contribution in [0.5, 0.6) is 0 Å². The largest absolute Gasteiger partial charge is 0.451 e. The van der Waals surface area contributed by atoms with Gasteiger partial charge < -0.3 is 14.6 Å². The zero-order chi connectivity index (χ0) is 26.3. The van der Waals surface area contributed by atoms with E-state index in [-0.39, 0.29) is 18.2 Å². The van der Waals surface area contributed by atoms with Gasteiger partial charge in [0.25, 0.3) is 11.8 Å². The predicted molar refractivity (Wildman–Crippen MR) is 130 cm³/mol. The van der Waals surface area contributed by atoms with E-state index in [2.05, 4.69) is 0 Å². The average molecular weight is 508 g/mol. The van der Waals surface area contributed by atoms with Crippen LogP contribution in [0.1, 0.15) is 37.6 Å². The number of carbonyl (C=O) groups excluding carboxylic acids is 2. The molecular formula is C28H20F4N2O3. The maximum Gasteiger partial charge on any atom is 0.418 e. The van der Waals surface area contributed by atoms with Gasteiger partial charge in [-0.1, -0.05) is 35.9 Å². The van der Waals surface area contributed by atoms with Crippen LogP contribution in [0.4, 0.5) is 28.9 Å². The number of hydrogen-bond donors (Lipinski definition) is 1. The molecule has 4 aromatic rings. The van der Waals surface area contributed by atoms with Crippen molar-refractivity contribution in [2.45, 2.75) is 19.5 Å². The summed E-state index contributed by atoms with van der Waals surface area (Å²) in [7, 11) is 0. The molecule has 3 aromatic carbocycles. The van der Waals surface area contributed by atoms with Crippen LogP contribution in [0.25, 0.3) is 11.3 Å². The quantitative estimate of drug-likeness (QED) is 0.307. The summed E-state index contributed by atoms with van der Waals surface area (Å²) in [5, 5.41) is 2.01. The Morgan fingerprint density at radius 2 is 1.70 bits per heavy atom. The number of amides is 2. The molecule has 9 heteroatoms. The van der Waals surface area contributed by atoms with Crippen LogP contribution in [0.15, 0.2) is 77.2 Å². The molecule has 0 spiro atoms. The molecule has 5 nitrogen and oxygen atoms in total. The first-order valence-corrected chi connectivity index (χ1v) is 11.4. The molecule has 2 heterocycles. The number of hydrogen-bond acceptors (Lipinski definition) is 3. The Balaban J connectivity index is 1.48. The van der Waals surface area contributed by atoms with Crippen LogP contribution in [0, 0.1) is 12.7 Å². The monoisotopic (exact) mass is 508 g/mol. The number of alkyl halides is 3. The van der Waals surface area contributed by atoms with Gasteiger partial charge in [0.1, 0.15) is 11.6 Å². The molecule has 1 aliphatic heterocycles. The molecule has 0 atom stereocenters. The van der Waals surface area contributed by atoms with E-state index in [1.165, 1.54) is 6.07 Å². The van der Waals surface area contributed by atoms with Gasteiger partial charge >= 0.3 is 6.18 Å². The average Bonchev–Trinajstić information content (AvgIpc) is 3.23. The number of nitrogens with one attached hydrogen (secondary N) is 1. The first-order chi connectivity index (χ1) is 17.6. The maximum atomic E-state index is 14.2.